The summed E-state index contributed by atoms with van der Waals surface area (Å²) < 4.78 is 13.5. The molecule has 0 aliphatic heterocycles. The minimum atomic E-state index is -0.412. The Morgan fingerprint density at radius 2 is 2.00 bits per heavy atom. The lowest BCUT2D eigenvalue weighted by Gasteiger charge is -2.36. The Labute approximate surface area is 102 Å². The molecule has 1 aromatic carbocycles. The van der Waals surface area contributed by atoms with Crippen LogP contribution in [0.15, 0.2) is 18.2 Å². The van der Waals surface area contributed by atoms with E-state index in [1.807, 2.05) is 38.9 Å². The van der Waals surface area contributed by atoms with Crippen LogP contribution in [0.5, 0.6) is 0 Å². The van der Waals surface area contributed by atoms with Crippen LogP contribution in [0, 0.1) is 5.82 Å². The van der Waals surface area contributed by atoms with Crippen LogP contribution in [0.3, 0.4) is 0 Å². The largest absolute Gasteiger partial charge is 0.394 e. The zero-order chi connectivity index (χ0) is 13.1. The molecule has 96 valence electrons. The van der Waals surface area contributed by atoms with Gasteiger partial charge >= 0.3 is 0 Å². The topological polar surface area (TPSA) is 35.5 Å². The maximum absolute atomic E-state index is 13.5. The summed E-state index contributed by atoms with van der Waals surface area (Å²) in [6.07, 6.45) is 0. The average molecular weight is 240 g/mol. The number of anilines is 1. The molecule has 0 amide bonds. The Balaban J connectivity index is 3.05. The number of rotatable bonds is 5. The van der Waals surface area contributed by atoms with Gasteiger partial charge < -0.3 is 15.3 Å². The highest BCUT2D eigenvalue weighted by Gasteiger charge is 2.23. The molecule has 0 saturated carbocycles. The van der Waals surface area contributed by atoms with E-state index in [0.29, 0.717) is 6.54 Å². The summed E-state index contributed by atoms with van der Waals surface area (Å²) in [5, 5.41) is 12.3. The minimum Gasteiger partial charge on any atom is -0.394 e. The van der Waals surface area contributed by atoms with Crippen molar-refractivity contribution in [3.05, 3.63) is 29.6 Å². The molecule has 1 rings (SSSR count). The van der Waals surface area contributed by atoms with Gasteiger partial charge in [0.2, 0.25) is 0 Å². The van der Waals surface area contributed by atoms with E-state index in [1.165, 1.54) is 12.1 Å². The summed E-state index contributed by atoms with van der Waals surface area (Å²) in [6.45, 7) is 4.46. The molecule has 0 unspecified atom stereocenters. The Morgan fingerprint density at radius 1 is 1.35 bits per heavy atom. The van der Waals surface area contributed by atoms with Crippen molar-refractivity contribution in [2.24, 2.45) is 0 Å². The number of benzene rings is 1. The van der Waals surface area contributed by atoms with Crippen LogP contribution in [0.25, 0.3) is 0 Å². The third kappa shape index (κ3) is 3.41. The second-order valence-electron chi connectivity index (χ2n) is 4.88. The summed E-state index contributed by atoms with van der Waals surface area (Å²) >= 11 is 0. The molecule has 17 heavy (non-hydrogen) atoms. The number of aliphatic hydroxyl groups is 1. The first-order chi connectivity index (χ1) is 7.90. The molecular formula is C13H21FN2O. The van der Waals surface area contributed by atoms with E-state index in [0.717, 1.165) is 11.3 Å². The predicted octanol–water partition coefficient (Wildman–Crippen LogP) is 1.75. The molecule has 0 saturated heterocycles. The first-order valence-electron chi connectivity index (χ1n) is 5.69. The normalized spacial score (nSPS) is 11.6. The lowest BCUT2D eigenvalue weighted by Crippen LogP contribution is -2.44. The fourth-order valence-electron chi connectivity index (χ4n) is 1.59. The molecular weight excluding hydrogens is 219 g/mol. The van der Waals surface area contributed by atoms with Crippen molar-refractivity contribution in [2.45, 2.75) is 25.9 Å². The molecule has 0 bridgehead atoms. The van der Waals surface area contributed by atoms with Crippen molar-refractivity contribution in [3.63, 3.8) is 0 Å². The van der Waals surface area contributed by atoms with Crippen molar-refractivity contribution in [1.82, 2.24) is 5.32 Å². The van der Waals surface area contributed by atoms with Crippen molar-refractivity contribution >= 4 is 5.69 Å². The highest BCUT2D eigenvalue weighted by Crippen LogP contribution is 2.24. The number of nitrogens with zero attached hydrogens (tertiary/aromatic N) is 1. The van der Waals surface area contributed by atoms with Crippen LogP contribution in [0.2, 0.25) is 0 Å². The third-order valence-corrected chi connectivity index (χ3v) is 3.01. The van der Waals surface area contributed by atoms with E-state index >= 15 is 0 Å². The fraction of sp³-hybridized carbons (Fsp3) is 0.538. The van der Waals surface area contributed by atoms with E-state index in [-0.39, 0.29) is 12.4 Å². The van der Waals surface area contributed by atoms with Gasteiger partial charge in [-0.05, 0) is 44.7 Å². The first kappa shape index (κ1) is 13.9. The van der Waals surface area contributed by atoms with Gasteiger partial charge in [-0.2, -0.15) is 0 Å². The standard InChI is InChI=1S/C13H21FN2O/c1-13(2,9-17)16(4)12-6-10(8-15-3)5-11(14)7-12/h5-7,15,17H,8-9H2,1-4H3. The maximum atomic E-state index is 13.5. The van der Waals surface area contributed by atoms with Gasteiger partial charge in [-0.3, -0.25) is 0 Å². The predicted molar refractivity (Wildman–Crippen MR) is 68.7 cm³/mol. The summed E-state index contributed by atoms with van der Waals surface area (Å²) in [5.41, 5.74) is 1.25. The minimum absolute atomic E-state index is 0.0153. The van der Waals surface area contributed by atoms with Crippen molar-refractivity contribution in [3.8, 4) is 0 Å². The van der Waals surface area contributed by atoms with Crippen LogP contribution in [0.4, 0.5) is 10.1 Å². The Morgan fingerprint density at radius 3 is 2.53 bits per heavy atom. The van der Waals surface area contributed by atoms with Crippen LogP contribution in [-0.4, -0.2) is 31.3 Å². The van der Waals surface area contributed by atoms with E-state index in [9.17, 15) is 9.50 Å². The van der Waals surface area contributed by atoms with Crippen LogP contribution >= 0.6 is 0 Å². The lowest BCUT2D eigenvalue weighted by atomic mass is 10.0. The maximum Gasteiger partial charge on any atom is 0.125 e. The average Bonchev–Trinajstić information content (AvgIpc) is 2.27. The lowest BCUT2D eigenvalue weighted by molar-refractivity contribution is 0.216. The van der Waals surface area contributed by atoms with Gasteiger partial charge in [-0.1, -0.05) is 0 Å². The number of hydrogen-bond acceptors (Lipinski definition) is 3. The highest BCUT2D eigenvalue weighted by atomic mass is 19.1. The Kier molecular flexibility index (Phi) is 4.48. The third-order valence-electron chi connectivity index (χ3n) is 3.01. The van der Waals surface area contributed by atoms with Gasteiger partial charge in [0.15, 0.2) is 0 Å². The SMILES string of the molecule is CNCc1cc(F)cc(N(C)C(C)(C)CO)c1. The Bertz CT molecular complexity index is 380. The number of hydrogen-bond donors (Lipinski definition) is 2. The van der Waals surface area contributed by atoms with Gasteiger partial charge in [-0.25, -0.2) is 4.39 Å². The molecule has 0 fully saturated rings. The Hall–Kier alpha value is -1.13. The van der Waals surface area contributed by atoms with Crippen LogP contribution in [-0.2, 0) is 6.54 Å². The van der Waals surface area contributed by atoms with Gasteiger partial charge in [0.05, 0.1) is 12.1 Å². The fourth-order valence-corrected chi connectivity index (χ4v) is 1.59. The molecule has 0 aliphatic carbocycles. The van der Waals surface area contributed by atoms with E-state index in [2.05, 4.69) is 5.32 Å². The van der Waals surface area contributed by atoms with E-state index in [4.69, 9.17) is 0 Å². The van der Waals surface area contributed by atoms with Crippen molar-refractivity contribution < 1.29 is 9.50 Å². The monoisotopic (exact) mass is 240 g/mol. The summed E-state index contributed by atoms with van der Waals surface area (Å²) in [6, 6.07) is 4.92. The van der Waals surface area contributed by atoms with Crippen molar-refractivity contribution in [1.29, 1.82) is 0 Å². The second kappa shape index (κ2) is 5.47. The summed E-state index contributed by atoms with van der Waals surface area (Å²) in [4.78, 5) is 1.88. The molecule has 0 spiro atoms. The first-order valence-corrected chi connectivity index (χ1v) is 5.69. The molecule has 2 N–H and O–H groups in total. The van der Waals surface area contributed by atoms with E-state index in [1.54, 1.807) is 0 Å². The highest BCUT2D eigenvalue weighted by molar-refractivity contribution is 5.50. The smallest absolute Gasteiger partial charge is 0.125 e. The summed E-state index contributed by atoms with van der Waals surface area (Å²) in [7, 11) is 3.68. The van der Waals surface area contributed by atoms with Crippen LogP contribution < -0.4 is 10.2 Å². The summed E-state index contributed by atoms with van der Waals surface area (Å²) in [5.74, 6) is -0.256. The second-order valence-corrected chi connectivity index (χ2v) is 4.88. The zero-order valence-electron chi connectivity index (χ0n) is 10.9. The van der Waals surface area contributed by atoms with Gasteiger partial charge in [0.1, 0.15) is 5.82 Å². The van der Waals surface area contributed by atoms with Crippen LogP contribution in [0.1, 0.15) is 19.4 Å². The van der Waals surface area contributed by atoms with E-state index < -0.39 is 5.54 Å². The quantitative estimate of drug-likeness (QED) is 0.823. The number of halogens is 1. The molecule has 0 heterocycles. The molecule has 0 atom stereocenters. The van der Waals surface area contributed by atoms with Crippen molar-refractivity contribution in [2.75, 3.05) is 25.6 Å². The van der Waals surface area contributed by atoms with Gasteiger partial charge in [-0.15, -0.1) is 0 Å². The number of aliphatic hydroxyl groups excluding tert-OH is 1. The van der Waals surface area contributed by atoms with Gasteiger partial charge in [0.25, 0.3) is 0 Å². The molecule has 1 aromatic rings. The number of likely N-dealkylation sites (N-methyl/N-ethyl adjacent to an activating group) is 1. The molecule has 3 nitrogen and oxygen atoms in total. The molecule has 4 heteroatoms. The van der Waals surface area contributed by atoms with Gasteiger partial charge in [0, 0.05) is 19.3 Å². The molecule has 0 aliphatic rings. The molecule has 0 radical (unpaired) electrons. The zero-order valence-corrected chi connectivity index (χ0v) is 10.9. The molecule has 0 aromatic heterocycles. The number of nitrogens with one attached hydrogen (secondary N) is 1.